The van der Waals surface area contributed by atoms with Crippen LogP contribution in [0, 0.1) is 0 Å². The zero-order valence-corrected chi connectivity index (χ0v) is 12.2. The van der Waals surface area contributed by atoms with E-state index in [0.29, 0.717) is 6.42 Å². The van der Waals surface area contributed by atoms with E-state index in [1.807, 2.05) is 18.2 Å². The second kappa shape index (κ2) is 9.56. The predicted octanol–water partition coefficient (Wildman–Crippen LogP) is 3.36. The number of aryl methyl sites for hydroxylation is 1. The van der Waals surface area contributed by atoms with Gasteiger partial charge < -0.3 is 10.6 Å². The van der Waals surface area contributed by atoms with Crippen molar-refractivity contribution < 1.29 is 4.79 Å². The number of benzene rings is 1. The van der Waals surface area contributed by atoms with Crippen molar-refractivity contribution in [2.75, 3.05) is 18.4 Å². The highest BCUT2D eigenvalue weighted by Crippen LogP contribution is 2.15. The molecule has 106 valence electrons. The van der Waals surface area contributed by atoms with Crippen molar-refractivity contribution in [2.24, 2.45) is 0 Å². The molecule has 0 atom stereocenters. The van der Waals surface area contributed by atoms with Gasteiger partial charge in [-0.25, -0.2) is 0 Å². The molecule has 0 radical (unpaired) electrons. The number of carbonyl (C=O) groups excluding carboxylic acids is 1. The van der Waals surface area contributed by atoms with Gasteiger partial charge in [0.1, 0.15) is 0 Å². The first kappa shape index (κ1) is 15.7. The van der Waals surface area contributed by atoms with Crippen LogP contribution in [0.15, 0.2) is 24.3 Å². The molecule has 0 saturated heterocycles. The number of nitrogens with one attached hydrogen (secondary N) is 2. The molecule has 1 amide bonds. The lowest BCUT2D eigenvalue weighted by atomic mass is 10.1. The van der Waals surface area contributed by atoms with E-state index in [2.05, 4.69) is 30.5 Å². The first-order chi connectivity index (χ1) is 9.27. The fraction of sp³-hybridized carbons (Fsp3) is 0.562. The van der Waals surface area contributed by atoms with E-state index in [4.69, 9.17) is 0 Å². The Morgan fingerprint density at radius 2 is 1.89 bits per heavy atom. The third kappa shape index (κ3) is 6.39. The zero-order valence-electron chi connectivity index (χ0n) is 12.2. The average Bonchev–Trinajstić information content (AvgIpc) is 2.43. The normalized spacial score (nSPS) is 10.4. The van der Waals surface area contributed by atoms with Crippen LogP contribution in [0.2, 0.25) is 0 Å². The summed E-state index contributed by atoms with van der Waals surface area (Å²) in [4.78, 5) is 11.8. The van der Waals surface area contributed by atoms with Crippen LogP contribution >= 0.6 is 0 Å². The number of hydrogen-bond acceptors (Lipinski definition) is 2. The minimum Gasteiger partial charge on any atom is -0.326 e. The number of unbranched alkanes of at least 4 members (excludes halogenated alkanes) is 2. The maximum atomic E-state index is 11.8. The minimum atomic E-state index is 0.0869. The molecule has 0 aliphatic rings. The molecular weight excluding hydrogens is 236 g/mol. The highest BCUT2D eigenvalue weighted by Gasteiger charge is 2.04. The van der Waals surface area contributed by atoms with E-state index in [1.165, 1.54) is 24.8 Å². The second-order valence-electron chi connectivity index (χ2n) is 4.77. The largest absolute Gasteiger partial charge is 0.326 e. The highest BCUT2D eigenvalue weighted by atomic mass is 16.1. The summed E-state index contributed by atoms with van der Waals surface area (Å²) in [6, 6.07) is 7.98. The molecule has 19 heavy (non-hydrogen) atoms. The van der Waals surface area contributed by atoms with Gasteiger partial charge in [0.05, 0.1) is 0 Å². The fourth-order valence-corrected chi connectivity index (χ4v) is 1.99. The van der Waals surface area contributed by atoms with E-state index in [-0.39, 0.29) is 5.91 Å². The van der Waals surface area contributed by atoms with Gasteiger partial charge in [0, 0.05) is 18.7 Å². The summed E-state index contributed by atoms with van der Waals surface area (Å²) in [7, 11) is 0. The van der Waals surface area contributed by atoms with Crippen molar-refractivity contribution >= 4 is 11.6 Å². The molecule has 0 aliphatic carbocycles. The van der Waals surface area contributed by atoms with Gasteiger partial charge in [-0.05, 0) is 31.0 Å². The SMILES string of the molecule is CCCCCNCCC(=O)Nc1ccccc1CC. The van der Waals surface area contributed by atoms with Gasteiger partial charge in [-0.3, -0.25) is 4.79 Å². The second-order valence-corrected chi connectivity index (χ2v) is 4.77. The molecule has 3 nitrogen and oxygen atoms in total. The average molecular weight is 262 g/mol. The van der Waals surface area contributed by atoms with Crippen LogP contribution in [0.1, 0.15) is 45.1 Å². The van der Waals surface area contributed by atoms with E-state index in [0.717, 1.165) is 25.2 Å². The molecule has 0 bridgehead atoms. The fourth-order valence-electron chi connectivity index (χ4n) is 1.99. The van der Waals surface area contributed by atoms with Crippen LogP contribution in [-0.4, -0.2) is 19.0 Å². The van der Waals surface area contributed by atoms with Crippen molar-refractivity contribution in [3.8, 4) is 0 Å². The van der Waals surface area contributed by atoms with Gasteiger partial charge in [0.15, 0.2) is 0 Å². The van der Waals surface area contributed by atoms with Crippen LogP contribution in [0.5, 0.6) is 0 Å². The Morgan fingerprint density at radius 3 is 2.63 bits per heavy atom. The molecule has 0 aromatic heterocycles. The lowest BCUT2D eigenvalue weighted by molar-refractivity contribution is -0.116. The molecule has 1 rings (SSSR count). The molecule has 2 N–H and O–H groups in total. The molecule has 0 heterocycles. The molecule has 0 aliphatic heterocycles. The minimum absolute atomic E-state index is 0.0869. The van der Waals surface area contributed by atoms with Crippen LogP contribution < -0.4 is 10.6 Å². The first-order valence-electron chi connectivity index (χ1n) is 7.36. The maximum Gasteiger partial charge on any atom is 0.225 e. The van der Waals surface area contributed by atoms with E-state index < -0.39 is 0 Å². The summed E-state index contributed by atoms with van der Waals surface area (Å²) in [6.07, 6.45) is 5.14. The number of para-hydroxylation sites is 1. The lowest BCUT2D eigenvalue weighted by Crippen LogP contribution is -2.22. The highest BCUT2D eigenvalue weighted by molar-refractivity contribution is 5.91. The molecular formula is C16H26N2O. The summed E-state index contributed by atoms with van der Waals surface area (Å²) < 4.78 is 0. The van der Waals surface area contributed by atoms with Crippen LogP contribution in [0.3, 0.4) is 0 Å². The molecule has 0 spiro atoms. The van der Waals surface area contributed by atoms with Crippen molar-refractivity contribution in [1.82, 2.24) is 5.32 Å². The monoisotopic (exact) mass is 262 g/mol. The molecule has 0 unspecified atom stereocenters. The van der Waals surface area contributed by atoms with Crippen molar-refractivity contribution in [3.63, 3.8) is 0 Å². The third-order valence-electron chi connectivity index (χ3n) is 3.16. The summed E-state index contributed by atoms with van der Waals surface area (Å²) in [5, 5.41) is 6.29. The van der Waals surface area contributed by atoms with Crippen LogP contribution in [0.4, 0.5) is 5.69 Å². The number of carbonyl (C=O) groups is 1. The molecule has 1 aromatic rings. The number of anilines is 1. The Hall–Kier alpha value is -1.35. The van der Waals surface area contributed by atoms with E-state index >= 15 is 0 Å². The number of amides is 1. The Balaban J connectivity index is 2.23. The van der Waals surface area contributed by atoms with Crippen LogP contribution in [-0.2, 0) is 11.2 Å². The predicted molar refractivity (Wildman–Crippen MR) is 81.5 cm³/mol. The third-order valence-corrected chi connectivity index (χ3v) is 3.16. The van der Waals surface area contributed by atoms with E-state index in [9.17, 15) is 4.79 Å². The van der Waals surface area contributed by atoms with Gasteiger partial charge >= 0.3 is 0 Å². The summed E-state index contributed by atoms with van der Waals surface area (Å²) in [5.41, 5.74) is 2.13. The summed E-state index contributed by atoms with van der Waals surface area (Å²) >= 11 is 0. The molecule has 0 fully saturated rings. The summed E-state index contributed by atoms with van der Waals surface area (Å²) in [6.45, 7) is 6.05. The zero-order chi connectivity index (χ0) is 13.9. The number of hydrogen-bond donors (Lipinski definition) is 2. The van der Waals surface area contributed by atoms with Gasteiger partial charge in [0.2, 0.25) is 5.91 Å². The molecule has 0 saturated carbocycles. The Morgan fingerprint density at radius 1 is 1.11 bits per heavy atom. The lowest BCUT2D eigenvalue weighted by Gasteiger charge is -2.10. The summed E-state index contributed by atoms with van der Waals surface area (Å²) in [5.74, 6) is 0.0869. The number of rotatable bonds is 9. The molecule has 3 heteroatoms. The Labute approximate surface area is 116 Å². The standard InChI is InChI=1S/C16H26N2O/c1-3-5-8-12-17-13-11-16(19)18-15-10-7-6-9-14(15)4-2/h6-7,9-10,17H,3-5,8,11-13H2,1-2H3,(H,18,19). The first-order valence-corrected chi connectivity index (χ1v) is 7.36. The van der Waals surface area contributed by atoms with Crippen molar-refractivity contribution in [3.05, 3.63) is 29.8 Å². The van der Waals surface area contributed by atoms with Crippen LogP contribution in [0.25, 0.3) is 0 Å². The van der Waals surface area contributed by atoms with Gasteiger partial charge in [-0.1, -0.05) is 44.9 Å². The quantitative estimate of drug-likeness (QED) is 0.670. The van der Waals surface area contributed by atoms with E-state index in [1.54, 1.807) is 0 Å². The van der Waals surface area contributed by atoms with Crippen molar-refractivity contribution in [1.29, 1.82) is 0 Å². The smallest absolute Gasteiger partial charge is 0.225 e. The Kier molecular flexibility index (Phi) is 7.91. The van der Waals surface area contributed by atoms with Gasteiger partial charge in [-0.2, -0.15) is 0 Å². The van der Waals surface area contributed by atoms with Gasteiger partial charge in [0.25, 0.3) is 0 Å². The topological polar surface area (TPSA) is 41.1 Å². The maximum absolute atomic E-state index is 11.8. The Bertz CT molecular complexity index is 377. The van der Waals surface area contributed by atoms with Gasteiger partial charge in [-0.15, -0.1) is 0 Å². The molecule has 1 aromatic carbocycles. The van der Waals surface area contributed by atoms with Crippen molar-refractivity contribution in [2.45, 2.75) is 46.0 Å².